The average Bonchev–Trinajstić information content (AvgIpc) is 2.79. The molecule has 0 spiro atoms. The summed E-state index contributed by atoms with van der Waals surface area (Å²) in [6, 6.07) is 5.02. The highest BCUT2D eigenvalue weighted by atomic mass is 32.2. The first-order chi connectivity index (χ1) is 16.1. The lowest BCUT2D eigenvalue weighted by Crippen LogP contribution is -2.48. The lowest BCUT2D eigenvalue weighted by atomic mass is 9.88. The summed E-state index contributed by atoms with van der Waals surface area (Å²) in [7, 11) is -0.0218. The zero-order valence-electron chi connectivity index (χ0n) is 21.2. The van der Waals surface area contributed by atoms with E-state index in [9.17, 15) is 13.2 Å². The molecule has 1 fully saturated rings. The molecule has 0 saturated heterocycles. The van der Waals surface area contributed by atoms with Crippen LogP contribution in [0.25, 0.3) is 0 Å². The molecule has 1 aromatic rings. The number of ether oxygens (including phenoxy) is 2. The maximum Gasteiger partial charge on any atom is 0.257 e. The normalized spacial score (nSPS) is 26.2. The molecule has 9 heteroatoms. The fourth-order valence-corrected chi connectivity index (χ4v) is 5.64. The molecule has 1 heterocycles. The summed E-state index contributed by atoms with van der Waals surface area (Å²) in [5, 5.41) is 0. The van der Waals surface area contributed by atoms with Crippen molar-refractivity contribution < 1.29 is 22.7 Å². The van der Waals surface area contributed by atoms with Crippen molar-refractivity contribution >= 4 is 21.6 Å². The second-order valence-corrected chi connectivity index (χ2v) is 11.9. The van der Waals surface area contributed by atoms with Gasteiger partial charge in [-0.1, -0.05) is 26.2 Å². The number of hydrogen-bond acceptors (Lipinski definition) is 6. The topological polar surface area (TPSA) is 88.2 Å². The summed E-state index contributed by atoms with van der Waals surface area (Å²) in [6.07, 6.45) is 7.49. The van der Waals surface area contributed by atoms with Gasteiger partial charge in [-0.05, 0) is 49.8 Å². The Morgan fingerprint density at radius 2 is 1.85 bits per heavy atom. The number of nitrogens with zero attached hydrogens (tertiary/aromatic N) is 2. The molecule has 0 unspecified atom stereocenters. The first-order valence-electron chi connectivity index (χ1n) is 12.3. The molecule has 1 N–H and O–H groups in total. The zero-order chi connectivity index (χ0) is 24.9. The van der Waals surface area contributed by atoms with Crippen LogP contribution in [0.2, 0.25) is 0 Å². The van der Waals surface area contributed by atoms with Gasteiger partial charge in [-0.3, -0.25) is 14.4 Å². The Labute approximate surface area is 205 Å². The van der Waals surface area contributed by atoms with E-state index in [-0.39, 0.29) is 24.0 Å². The number of fused-ring (bicyclic) bond motifs is 1. The van der Waals surface area contributed by atoms with Crippen LogP contribution in [0.4, 0.5) is 5.69 Å². The third kappa shape index (κ3) is 7.33. The number of carbonyl (C=O) groups is 1. The van der Waals surface area contributed by atoms with Gasteiger partial charge in [-0.2, -0.15) is 0 Å². The molecule has 0 aromatic heterocycles. The number of likely N-dealkylation sites (N-methyl/N-ethyl adjacent to an activating group) is 1. The summed E-state index contributed by atoms with van der Waals surface area (Å²) in [6.45, 7) is 7.17. The van der Waals surface area contributed by atoms with Crippen molar-refractivity contribution in [2.24, 2.45) is 11.8 Å². The molecular formula is C25H41N3O5S. The SMILES string of the molecule is CO[C@@H]1CN(C)C(=O)c2cc(NS(C)(=O)=O)ccc2OC[C@H](C)N(CC2CCCCC2)C[C@@H]1C. The number of carbonyl (C=O) groups excluding carboxylic acids is 1. The minimum atomic E-state index is -3.47. The fourth-order valence-electron chi connectivity index (χ4n) is 5.08. The number of nitrogens with one attached hydrogen (secondary N) is 1. The molecule has 1 saturated carbocycles. The molecule has 34 heavy (non-hydrogen) atoms. The van der Waals surface area contributed by atoms with Gasteiger partial charge in [-0.15, -0.1) is 0 Å². The van der Waals surface area contributed by atoms with Crippen molar-refractivity contribution in [3.63, 3.8) is 0 Å². The fraction of sp³-hybridized carbons (Fsp3) is 0.720. The Hall–Kier alpha value is -1.84. The van der Waals surface area contributed by atoms with E-state index in [0.29, 0.717) is 36.1 Å². The lowest BCUT2D eigenvalue weighted by molar-refractivity contribution is 0.00690. The van der Waals surface area contributed by atoms with E-state index in [0.717, 1.165) is 19.3 Å². The van der Waals surface area contributed by atoms with E-state index in [4.69, 9.17) is 9.47 Å². The number of sulfonamides is 1. The van der Waals surface area contributed by atoms with Gasteiger partial charge in [0.25, 0.3) is 5.91 Å². The van der Waals surface area contributed by atoms with E-state index in [1.807, 2.05) is 0 Å². The predicted molar refractivity (Wildman–Crippen MR) is 135 cm³/mol. The van der Waals surface area contributed by atoms with Gasteiger partial charge in [0, 0.05) is 45.5 Å². The number of rotatable bonds is 5. The van der Waals surface area contributed by atoms with E-state index in [1.165, 1.54) is 32.1 Å². The molecule has 1 aliphatic heterocycles. The summed E-state index contributed by atoms with van der Waals surface area (Å²) >= 11 is 0. The van der Waals surface area contributed by atoms with Crippen LogP contribution in [0.15, 0.2) is 18.2 Å². The minimum Gasteiger partial charge on any atom is -0.491 e. The van der Waals surface area contributed by atoms with E-state index >= 15 is 0 Å². The van der Waals surface area contributed by atoms with Gasteiger partial charge < -0.3 is 14.4 Å². The number of methoxy groups -OCH3 is 1. The summed E-state index contributed by atoms with van der Waals surface area (Å²) < 4.78 is 37.9. The monoisotopic (exact) mass is 495 g/mol. The molecule has 8 nitrogen and oxygen atoms in total. The standard InChI is InChI=1S/C25H41N3O5S/c1-18-14-28(15-20-9-7-6-8-10-20)19(2)17-33-23-12-11-21(26-34(5,30)31)13-22(23)25(29)27(3)16-24(18)32-4/h11-13,18-20,24,26H,6-10,14-17H2,1-5H3/t18-,19-,24+/m0/s1. The second-order valence-electron chi connectivity index (χ2n) is 10.1. The van der Waals surface area contributed by atoms with Gasteiger partial charge in [-0.25, -0.2) is 8.42 Å². The average molecular weight is 496 g/mol. The third-order valence-electron chi connectivity index (χ3n) is 7.09. The molecule has 1 aromatic carbocycles. The van der Waals surface area contributed by atoms with E-state index in [2.05, 4.69) is 23.5 Å². The Balaban J connectivity index is 1.91. The molecule has 2 aliphatic rings. The van der Waals surface area contributed by atoms with Crippen LogP contribution in [-0.4, -0.2) is 82.9 Å². The molecule has 1 aliphatic carbocycles. The maximum absolute atomic E-state index is 13.3. The smallest absolute Gasteiger partial charge is 0.257 e. The van der Waals surface area contributed by atoms with Crippen LogP contribution in [0, 0.1) is 11.8 Å². The molecule has 0 radical (unpaired) electrons. The van der Waals surface area contributed by atoms with E-state index in [1.54, 1.807) is 37.3 Å². The van der Waals surface area contributed by atoms with Gasteiger partial charge in [0.05, 0.1) is 17.9 Å². The lowest BCUT2D eigenvalue weighted by Gasteiger charge is -2.38. The highest BCUT2D eigenvalue weighted by Crippen LogP contribution is 2.29. The van der Waals surface area contributed by atoms with E-state index < -0.39 is 10.0 Å². The Morgan fingerprint density at radius 3 is 2.50 bits per heavy atom. The van der Waals surface area contributed by atoms with Crippen LogP contribution in [0.1, 0.15) is 56.3 Å². The van der Waals surface area contributed by atoms with Crippen molar-refractivity contribution in [2.45, 2.75) is 58.1 Å². The second kappa shape index (κ2) is 11.7. The van der Waals surface area contributed by atoms with Crippen molar-refractivity contribution in [3.05, 3.63) is 23.8 Å². The number of amides is 1. The number of hydrogen-bond donors (Lipinski definition) is 1. The van der Waals surface area contributed by atoms with Gasteiger partial charge in [0.1, 0.15) is 12.4 Å². The molecule has 0 bridgehead atoms. The van der Waals surface area contributed by atoms with Crippen LogP contribution in [-0.2, 0) is 14.8 Å². The first kappa shape index (κ1) is 26.8. The molecule has 1 amide bonds. The largest absolute Gasteiger partial charge is 0.491 e. The number of benzene rings is 1. The highest BCUT2D eigenvalue weighted by Gasteiger charge is 2.30. The molecule has 3 atom stereocenters. The van der Waals surface area contributed by atoms with Crippen LogP contribution >= 0.6 is 0 Å². The van der Waals surface area contributed by atoms with Crippen molar-refractivity contribution in [1.82, 2.24) is 9.80 Å². The van der Waals surface area contributed by atoms with Crippen molar-refractivity contribution in [3.8, 4) is 5.75 Å². The molecular weight excluding hydrogens is 454 g/mol. The van der Waals surface area contributed by atoms with Crippen LogP contribution < -0.4 is 9.46 Å². The zero-order valence-corrected chi connectivity index (χ0v) is 22.1. The predicted octanol–water partition coefficient (Wildman–Crippen LogP) is 3.44. The molecule has 3 rings (SSSR count). The highest BCUT2D eigenvalue weighted by molar-refractivity contribution is 7.92. The van der Waals surface area contributed by atoms with Crippen LogP contribution in [0.3, 0.4) is 0 Å². The summed E-state index contributed by atoms with van der Waals surface area (Å²) in [4.78, 5) is 17.5. The maximum atomic E-state index is 13.3. The minimum absolute atomic E-state index is 0.115. The Bertz CT molecular complexity index is 932. The van der Waals surface area contributed by atoms with Gasteiger partial charge in [0.15, 0.2) is 0 Å². The van der Waals surface area contributed by atoms with Crippen molar-refractivity contribution in [1.29, 1.82) is 0 Å². The van der Waals surface area contributed by atoms with Gasteiger partial charge in [0.2, 0.25) is 10.0 Å². The first-order valence-corrected chi connectivity index (χ1v) is 14.2. The quantitative estimate of drug-likeness (QED) is 0.673. The van der Waals surface area contributed by atoms with Crippen molar-refractivity contribution in [2.75, 3.05) is 51.4 Å². The Kier molecular flexibility index (Phi) is 9.23. The summed E-state index contributed by atoms with van der Waals surface area (Å²) in [5.41, 5.74) is 0.674. The third-order valence-corrected chi connectivity index (χ3v) is 7.70. The van der Waals surface area contributed by atoms with Gasteiger partial charge >= 0.3 is 0 Å². The Morgan fingerprint density at radius 1 is 1.15 bits per heavy atom. The van der Waals surface area contributed by atoms with Crippen LogP contribution in [0.5, 0.6) is 5.75 Å². The number of anilines is 1. The summed E-state index contributed by atoms with van der Waals surface area (Å²) in [5.74, 6) is 1.17. The molecule has 192 valence electrons.